The smallest absolute Gasteiger partial charge is 0.145 e. The molecule has 2 aromatic rings. The number of nitrogens with zero attached hydrogens (tertiary/aromatic N) is 2. The van der Waals surface area contributed by atoms with E-state index in [1.165, 1.54) is 84.5 Å². The Hall–Kier alpha value is 0.484. The number of hydrogen-bond donors (Lipinski definition) is 1. The van der Waals surface area contributed by atoms with Gasteiger partial charge in [0.25, 0.3) is 0 Å². The number of aliphatic imine (C=N–C) groups is 1. The molecule has 1 aromatic carbocycles. The Bertz CT molecular complexity index is 757. The minimum absolute atomic E-state index is 0.119. The Labute approximate surface area is 208 Å². The Kier molecular flexibility index (Phi) is 11.5. The molecule has 0 atom stereocenters. The second kappa shape index (κ2) is 13.0. The molecule has 148 valence electrons. The van der Waals surface area contributed by atoms with Crippen LogP contribution in [0.5, 0.6) is 0 Å². The van der Waals surface area contributed by atoms with E-state index in [0.717, 1.165) is 18.6 Å². The number of aliphatic hydroxyl groups excluding tert-OH is 1. The van der Waals surface area contributed by atoms with Crippen LogP contribution in [0.1, 0.15) is 62.2 Å². The summed E-state index contributed by atoms with van der Waals surface area (Å²) in [6.45, 7) is -0.119. The molecule has 1 aromatic heterocycles. The summed E-state index contributed by atoms with van der Waals surface area (Å²) >= 11 is 14.7. The van der Waals surface area contributed by atoms with Crippen LogP contribution in [-0.2, 0) is 6.61 Å². The molecule has 2 aliphatic rings. The van der Waals surface area contributed by atoms with E-state index in [9.17, 15) is 5.11 Å². The van der Waals surface area contributed by atoms with Crippen molar-refractivity contribution in [3.05, 3.63) is 39.6 Å². The van der Waals surface area contributed by atoms with Gasteiger partial charge in [0.15, 0.2) is 0 Å². The zero-order chi connectivity index (χ0) is 20.5. The van der Waals surface area contributed by atoms with Gasteiger partial charge in [-0.2, -0.15) is 0 Å². The van der Waals surface area contributed by atoms with Crippen LogP contribution >= 0.6 is 23.2 Å². The van der Waals surface area contributed by atoms with Gasteiger partial charge in [-0.3, -0.25) is 0 Å². The quantitative estimate of drug-likeness (QED) is 0.340. The van der Waals surface area contributed by atoms with Crippen molar-refractivity contribution < 1.29 is 9.63 Å². The van der Waals surface area contributed by atoms with Gasteiger partial charge in [-0.1, -0.05) is 66.5 Å². The maximum Gasteiger partial charge on any atom is 0.145 e. The average molecular weight is 810 g/mol. The zero-order valence-corrected chi connectivity index (χ0v) is 25.3. The van der Waals surface area contributed by atoms with E-state index in [1.54, 1.807) is 18.2 Å². The summed E-state index contributed by atoms with van der Waals surface area (Å²) in [6.07, 6.45) is 9.66. The fourth-order valence-corrected chi connectivity index (χ4v) is 3.52. The first-order chi connectivity index (χ1) is 13.5. The molecule has 28 heavy (non-hydrogen) atoms. The maximum absolute atomic E-state index is 9.52. The molecule has 1 heterocycles. The third kappa shape index (κ3) is 7.63. The molecular formula is C20H24Cl2N2O2Pb2. The largest absolute Gasteiger partial charge is 0.391 e. The van der Waals surface area contributed by atoms with Crippen LogP contribution in [0.4, 0.5) is 0 Å². The van der Waals surface area contributed by atoms with Crippen LogP contribution in [0.3, 0.4) is 0 Å². The van der Waals surface area contributed by atoms with Crippen LogP contribution in [0.25, 0.3) is 11.3 Å². The van der Waals surface area contributed by atoms with Crippen LogP contribution in [-0.4, -0.2) is 69.7 Å². The van der Waals surface area contributed by atoms with Gasteiger partial charge in [-0.15, -0.1) is 0 Å². The number of aromatic nitrogens is 1. The molecule has 4 nitrogen and oxygen atoms in total. The molecule has 0 saturated heterocycles. The molecule has 6 radical (unpaired) electrons. The minimum Gasteiger partial charge on any atom is -0.391 e. The predicted octanol–water partition coefficient (Wildman–Crippen LogP) is 5.28. The molecule has 2 fully saturated rings. The Morgan fingerprint density at radius 1 is 1.14 bits per heavy atom. The van der Waals surface area contributed by atoms with Crippen molar-refractivity contribution in [2.24, 2.45) is 4.99 Å². The summed E-state index contributed by atoms with van der Waals surface area (Å²) in [5.41, 5.74) is 1.88. The van der Waals surface area contributed by atoms with Crippen molar-refractivity contribution in [2.75, 3.05) is 7.05 Å². The van der Waals surface area contributed by atoms with Crippen molar-refractivity contribution >= 4 is 75.6 Å². The van der Waals surface area contributed by atoms with Crippen LogP contribution in [0, 0.1) is 0 Å². The molecule has 1 N–H and O–H groups in total. The van der Waals surface area contributed by atoms with Gasteiger partial charge < -0.3 is 9.63 Å². The Balaban J connectivity index is 0.000000231. The molecule has 0 spiro atoms. The predicted molar refractivity (Wildman–Crippen MR) is 118 cm³/mol. The van der Waals surface area contributed by atoms with E-state index in [1.807, 2.05) is 7.05 Å². The van der Waals surface area contributed by atoms with Gasteiger partial charge in [0.2, 0.25) is 0 Å². The minimum atomic E-state index is -0.119. The van der Waals surface area contributed by atoms with Gasteiger partial charge in [-0.05, 0) is 25.0 Å². The van der Waals surface area contributed by atoms with Crippen LogP contribution in [0.15, 0.2) is 27.7 Å². The van der Waals surface area contributed by atoms with Crippen molar-refractivity contribution in [2.45, 2.75) is 57.5 Å². The number of aliphatic hydroxyl groups is 1. The molecule has 0 aliphatic heterocycles. The molecule has 0 amide bonds. The van der Waals surface area contributed by atoms with Crippen molar-refractivity contribution in [3.8, 4) is 11.3 Å². The summed E-state index contributed by atoms with van der Waals surface area (Å²) < 4.78 is 6.76. The molecular weight excluding hydrogens is 786 g/mol. The number of halogens is 2. The molecule has 8 heteroatoms. The van der Waals surface area contributed by atoms with E-state index in [4.69, 9.17) is 27.7 Å². The van der Waals surface area contributed by atoms with Crippen LogP contribution < -0.4 is 0 Å². The molecule has 0 unspecified atom stereocenters. The second-order valence-electron chi connectivity index (χ2n) is 6.74. The third-order valence-electron chi connectivity index (χ3n) is 4.60. The summed E-state index contributed by atoms with van der Waals surface area (Å²) in [5.74, 6) is 1.15. The van der Waals surface area contributed by atoms with E-state index in [0.29, 0.717) is 32.8 Å². The first kappa shape index (κ1) is 24.8. The first-order valence-electron chi connectivity index (χ1n) is 9.43. The maximum atomic E-state index is 9.52. The second-order valence-corrected chi connectivity index (χ2v) is 18.8. The normalized spacial score (nSPS) is 15.2. The molecule has 2 aliphatic carbocycles. The summed E-state index contributed by atoms with van der Waals surface area (Å²) in [7, 11) is 1.86. The third-order valence-corrected chi connectivity index (χ3v) is 6.97. The molecule has 0 bridgehead atoms. The fraction of sp³-hybridized carbons (Fsp3) is 0.500. The van der Waals surface area contributed by atoms with Crippen molar-refractivity contribution in [3.63, 3.8) is 0 Å². The monoisotopic (exact) mass is 810 g/mol. The average Bonchev–Trinajstić information content (AvgIpc) is 3.17. The van der Waals surface area contributed by atoms with Gasteiger partial charge in [0.05, 0.1) is 16.7 Å². The SMILES string of the molecule is C1CCCC1.CN=[C]([Pb])[Pb].OCc1c(-c2c(Cl)cccc2Cl)noc1C1CC1. The zero-order valence-electron chi connectivity index (χ0n) is 16.0. The van der Waals surface area contributed by atoms with Gasteiger partial charge >= 0.3 is 64.4 Å². The van der Waals surface area contributed by atoms with E-state index in [-0.39, 0.29) is 6.61 Å². The Morgan fingerprint density at radius 3 is 2.04 bits per heavy atom. The topological polar surface area (TPSA) is 58.6 Å². The fourth-order valence-electron chi connectivity index (χ4n) is 2.95. The van der Waals surface area contributed by atoms with E-state index in [2.05, 4.69) is 10.1 Å². The van der Waals surface area contributed by atoms with Crippen molar-refractivity contribution in [1.29, 1.82) is 0 Å². The molecule has 2 saturated carbocycles. The standard InChI is InChI=1S/C13H11Cl2NO2.C5H10.C2H3N.2Pb/c14-9-2-1-3-10(15)11(9)12-8(6-17)13(18-16-12)7-4-5-7;1-2-4-5-3-1;1-3-2;;/h1-3,7,17H,4-6H2;1-5H2;1H3;;. The Morgan fingerprint density at radius 2 is 1.64 bits per heavy atom. The van der Waals surface area contributed by atoms with Crippen molar-refractivity contribution in [1.82, 2.24) is 5.16 Å². The number of benzene rings is 1. The number of rotatable bonds is 3. The van der Waals surface area contributed by atoms with Gasteiger partial charge in [0, 0.05) is 17.0 Å². The summed E-state index contributed by atoms with van der Waals surface area (Å²) in [5, 5.41) is 14.6. The molecule has 4 rings (SSSR count). The summed E-state index contributed by atoms with van der Waals surface area (Å²) in [4.78, 5) is 3.93. The summed E-state index contributed by atoms with van der Waals surface area (Å²) in [6, 6.07) is 5.26. The first-order valence-corrected chi connectivity index (χ1v) is 14.1. The van der Waals surface area contributed by atoms with E-state index >= 15 is 0 Å². The van der Waals surface area contributed by atoms with Gasteiger partial charge in [-0.25, -0.2) is 0 Å². The van der Waals surface area contributed by atoms with Gasteiger partial charge in [0.1, 0.15) is 11.5 Å². The van der Waals surface area contributed by atoms with E-state index < -0.39 is 0 Å². The number of hydrogen-bond acceptors (Lipinski definition) is 4. The van der Waals surface area contributed by atoms with Crippen LogP contribution in [0.2, 0.25) is 10.0 Å².